The first-order chi connectivity index (χ1) is 15.0. The highest BCUT2D eigenvalue weighted by molar-refractivity contribution is 6.03. The van der Waals surface area contributed by atoms with Gasteiger partial charge >= 0.3 is 6.61 Å². The quantitative estimate of drug-likeness (QED) is 0.638. The average Bonchev–Trinajstić information content (AvgIpc) is 2.75. The maximum atomic E-state index is 12.5. The minimum absolute atomic E-state index is 0.0421. The lowest BCUT2D eigenvalue weighted by Gasteiger charge is -2.35. The van der Waals surface area contributed by atoms with Crippen LogP contribution in [0, 0.1) is 0 Å². The Morgan fingerprint density at radius 2 is 1.87 bits per heavy atom. The number of hydrogen-bond donors (Lipinski definition) is 1. The molecule has 166 valence electrons. The monoisotopic (exact) mass is 431 g/mol. The van der Waals surface area contributed by atoms with E-state index in [1.54, 1.807) is 25.1 Å². The van der Waals surface area contributed by atoms with Gasteiger partial charge in [0.25, 0.3) is 0 Å². The minimum atomic E-state index is -2.94. The van der Waals surface area contributed by atoms with E-state index in [0.29, 0.717) is 12.2 Å². The molecule has 1 heterocycles. The first kappa shape index (κ1) is 22.6. The summed E-state index contributed by atoms with van der Waals surface area (Å²) < 4.78 is 34.9. The van der Waals surface area contributed by atoms with Crippen LogP contribution in [0.3, 0.4) is 0 Å². The fourth-order valence-corrected chi connectivity index (χ4v) is 3.34. The second kappa shape index (κ2) is 10.8. The zero-order valence-electron chi connectivity index (χ0n) is 17.7. The van der Waals surface area contributed by atoms with Gasteiger partial charge < -0.3 is 24.6 Å². The Bertz CT molecular complexity index is 913. The first-order valence-corrected chi connectivity index (χ1v) is 10.2. The predicted octanol–water partition coefficient (Wildman–Crippen LogP) is 4.09. The van der Waals surface area contributed by atoms with Gasteiger partial charge in [-0.3, -0.25) is 4.79 Å². The average molecular weight is 431 g/mol. The van der Waals surface area contributed by atoms with Crippen molar-refractivity contribution < 1.29 is 23.0 Å². The number of alkyl halides is 2. The van der Waals surface area contributed by atoms with Crippen LogP contribution in [0.15, 0.2) is 48.5 Å². The van der Waals surface area contributed by atoms with Crippen LogP contribution in [0.2, 0.25) is 0 Å². The summed E-state index contributed by atoms with van der Waals surface area (Å²) in [6.07, 6.45) is 3.00. The Kier molecular flexibility index (Phi) is 7.83. The molecular formula is C23H27F2N3O3. The van der Waals surface area contributed by atoms with Gasteiger partial charge in [0.1, 0.15) is 0 Å². The molecule has 6 nitrogen and oxygen atoms in total. The maximum Gasteiger partial charge on any atom is 0.387 e. The number of halogens is 2. The number of ether oxygens (including phenoxy) is 2. The molecule has 0 saturated carbocycles. The number of rotatable bonds is 8. The number of benzene rings is 2. The van der Waals surface area contributed by atoms with Crippen molar-refractivity contribution in [1.29, 1.82) is 0 Å². The van der Waals surface area contributed by atoms with E-state index in [1.165, 1.54) is 12.1 Å². The number of carbonyl (C=O) groups is 1. The van der Waals surface area contributed by atoms with Gasteiger partial charge in [-0.15, -0.1) is 0 Å². The van der Waals surface area contributed by atoms with Gasteiger partial charge in [-0.05, 0) is 49.9 Å². The number of amides is 1. The Labute approximate surface area is 181 Å². The molecule has 0 unspecified atom stereocenters. The summed E-state index contributed by atoms with van der Waals surface area (Å²) >= 11 is 0. The molecule has 0 bridgehead atoms. The molecule has 3 rings (SSSR count). The van der Waals surface area contributed by atoms with Gasteiger partial charge in [0.05, 0.1) is 18.0 Å². The van der Waals surface area contributed by atoms with Gasteiger partial charge in [-0.1, -0.05) is 18.2 Å². The van der Waals surface area contributed by atoms with Crippen LogP contribution >= 0.6 is 0 Å². The predicted molar refractivity (Wildman–Crippen MR) is 118 cm³/mol. The third-order valence-electron chi connectivity index (χ3n) is 4.92. The number of carbonyl (C=O) groups excluding carboxylic acids is 1. The van der Waals surface area contributed by atoms with E-state index < -0.39 is 6.61 Å². The van der Waals surface area contributed by atoms with E-state index in [9.17, 15) is 13.6 Å². The molecular weight excluding hydrogens is 404 g/mol. The molecule has 0 aliphatic carbocycles. The minimum Gasteiger partial charge on any atom is -0.490 e. The Morgan fingerprint density at radius 1 is 1.13 bits per heavy atom. The molecule has 1 saturated heterocycles. The highest BCUT2D eigenvalue weighted by Gasteiger charge is 2.17. The van der Waals surface area contributed by atoms with E-state index in [4.69, 9.17) is 4.74 Å². The summed E-state index contributed by atoms with van der Waals surface area (Å²) in [5.74, 6) is -0.127. The van der Waals surface area contributed by atoms with Crippen molar-refractivity contribution >= 4 is 23.4 Å². The zero-order chi connectivity index (χ0) is 22.2. The van der Waals surface area contributed by atoms with Crippen molar-refractivity contribution in [3.8, 4) is 11.5 Å². The van der Waals surface area contributed by atoms with E-state index in [0.717, 1.165) is 37.6 Å². The lowest BCUT2D eigenvalue weighted by Crippen LogP contribution is -2.44. The number of hydrogen-bond acceptors (Lipinski definition) is 5. The number of anilines is 2. The lowest BCUT2D eigenvalue weighted by molar-refractivity contribution is -0.111. The topological polar surface area (TPSA) is 54.0 Å². The Morgan fingerprint density at radius 3 is 2.58 bits per heavy atom. The van der Waals surface area contributed by atoms with E-state index in [-0.39, 0.29) is 17.4 Å². The summed E-state index contributed by atoms with van der Waals surface area (Å²) in [5.41, 5.74) is 2.37. The van der Waals surface area contributed by atoms with Crippen LogP contribution in [0.1, 0.15) is 12.5 Å². The third kappa shape index (κ3) is 6.42. The van der Waals surface area contributed by atoms with Gasteiger partial charge in [-0.2, -0.15) is 8.78 Å². The van der Waals surface area contributed by atoms with Crippen LogP contribution in [-0.4, -0.2) is 57.3 Å². The fourth-order valence-electron chi connectivity index (χ4n) is 3.34. The maximum absolute atomic E-state index is 12.5. The molecule has 31 heavy (non-hydrogen) atoms. The molecule has 0 spiro atoms. The Hall–Kier alpha value is -3.13. The molecule has 2 aromatic rings. The lowest BCUT2D eigenvalue weighted by atomic mass is 10.1. The highest BCUT2D eigenvalue weighted by Crippen LogP contribution is 2.30. The summed E-state index contributed by atoms with van der Waals surface area (Å²) in [7, 11) is 2.10. The summed E-state index contributed by atoms with van der Waals surface area (Å²) in [6, 6.07) is 12.3. The second-order valence-electron chi connectivity index (χ2n) is 7.15. The van der Waals surface area contributed by atoms with Crippen LogP contribution in [0.4, 0.5) is 20.2 Å². The van der Waals surface area contributed by atoms with E-state index in [1.807, 2.05) is 24.3 Å². The largest absolute Gasteiger partial charge is 0.490 e. The van der Waals surface area contributed by atoms with E-state index >= 15 is 0 Å². The van der Waals surface area contributed by atoms with Crippen molar-refractivity contribution in [2.75, 3.05) is 50.1 Å². The van der Waals surface area contributed by atoms with Gasteiger partial charge in [-0.25, -0.2) is 0 Å². The molecule has 0 radical (unpaired) electrons. The van der Waals surface area contributed by atoms with Gasteiger partial charge in [0.15, 0.2) is 11.5 Å². The third-order valence-corrected chi connectivity index (χ3v) is 4.92. The molecule has 1 aliphatic rings. The van der Waals surface area contributed by atoms with Crippen LogP contribution in [0.5, 0.6) is 11.5 Å². The molecule has 2 aromatic carbocycles. The van der Waals surface area contributed by atoms with Crippen LogP contribution in [0.25, 0.3) is 6.08 Å². The standard InChI is InChI=1S/C23H27F2N3O3/c1-3-30-21-16-17(8-10-20(21)31-23(24)25)9-11-22(29)26-18-6-4-5-7-19(18)28-14-12-27(2)13-15-28/h4-11,16,23H,3,12-15H2,1-2H3,(H,26,29)/b11-9+. The zero-order valence-corrected chi connectivity index (χ0v) is 17.7. The number of nitrogens with zero attached hydrogens (tertiary/aromatic N) is 2. The van der Waals surface area contributed by atoms with Crippen molar-refractivity contribution in [3.05, 3.63) is 54.1 Å². The summed E-state index contributed by atoms with van der Waals surface area (Å²) in [6.45, 7) is 2.84. The van der Waals surface area contributed by atoms with Crippen LogP contribution in [-0.2, 0) is 4.79 Å². The molecule has 0 atom stereocenters. The molecule has 8 heteroatoms. The van der Waals surface area contributed by atoms with Crippen molar-refractivity contribution in [1.82, 2.24) is 4.90 Å². The molecule has 1 N–H and O–H groups in total. The number of nitrogens with one attached hydrogen (secondary N) is 1. The summed E-state index contributed by atoms with van der Waals surface area (Å²) in [5, 5.41) is 2.93. The normalized spacial score (nSPS) is 14.8. The SMILES string of the molecule is CCOc1cc(/C=C/C(=O)Nc2ccccc2N2CCN(C)CC2)ccc1OC(F)F. The van der Waals surface area contributed by atoms with Gasteiger partial charge in [0, 0.05) is 32.3 Å². The molecule has 0 aromatic heterocycles. The first-order valence-electron chi connectivity index (χ1n) is 10.2. The van der Waals surface area contributed by atoms with E-state index in [2.05, 4.69) is 26.9 Å². The van der Waals surface area contributed by atoms with Crippen molar-refractivity contribution in [2.45, 2.75) is 13.5 Å². The highest BCUT2D eigenvalue weighted by atomic mass is 19.3. The molecule has 1 amide bonds. The number of likely N-dealkylation sites (N-methyl/N-ethyl adjacent to an activating group) is 1. The van der Waals surface area contributed by atoms with Crippen LogP contribution < -0.4 is 19.7 Å². The van der Waals surface area contributed by atoms with Crippen molar-refractivity contribution in [2.24, 2.45) is 0 Å². The fraction of sp³-hybridized carbons (Fsp3) is 0.348. The smallest absolute Gasteiger partial charge is 0.387 e. The Balaban J connectivity index is 1.69. The number of piperazine rings is 1. The number of para-hydroxylation sites is 2. The van der Waals surface area contributed by atoms with Crippen molar-refractivity contribution in [3.63, 3.8) is 0 Å². The second-order valence-corrected chi connectivity index (χ2v) is 7.15. The summed E-state index contributed by atoms with van der Waals surface area (Å²) in [4.78, 5) is 17.0. The van der Waals surface area contributed by atoms with Gasteiger partial charge in [0.2, 0.25) is 5.91 Å². The molecule has 1 aliphatic heterocycles. The molecule has 1 fully saturated rings.